The molecule has 1 N–H and O–H groups in total. The minimum absolute atomic E-state index is 0.325. The van der Waals surface area contributed by atoms with Gasteiger partial charge in [-0.25, -0.2) is 0 Å². The van der Waals surface area contributed by atoms with Crippen LogP contribution in [0.25, 0.3) is 0 Å². The van der Waals surface area contributed by atoms with Crippen LogP contribution in [0.5, 0.6) is 5.75 Å². The number of phenolic OH excluding ortho intramolecular Hbond substituents is 1. The SMILES string of the molecule is Oc1cccc(SCc2csc(Br)c2)c1. The van der Waals surface area contributed by atoms with E-state index in [4.69, 9.17) is 0 Å². The van der Waals surface area contributed by atoms with Gasteiger partial charge in [0, 0.05) is 10.6 Å². The molecule has 0 spiro atoms. The summed E-state index contributed by atoms with van der Waals surface area (Å²) < 4.78 is 1.16. The van der Waals surface area contributed by atoms with Crippen LogP contribution in [0, 0.1) is 0 Å². The normalized spacial score (nSPS) is 10.5. The molecular weight excluding hydrogens is 292 g/mol. The van der Waals surface area contributed by atoms with E-state index in [2.05, 4.69) is 27.4 Å². The number of thioether (sulfide) groups is 1. The average molecular weight is 301 g/mol. The van der Waals surface area contributed by atoms with Gasteiger partial charge in [0.05, 0.1) is 3.79 Å². The Morgan fingerprint density at radius 2 is 2.20 bits per heavy atom. The molecule has 15 heavy (non-hydrogen) atoms. The third-order valence-corrected chi connectivity index (χ3v) is 4.46. The van der Waals surface area contributed by atoms with E-state index in [9.17, 15) is 5.11 Å². The lowest BCUT2D eigenvalue weighted by atomic mass is 10.3. The molecule has 0 aliphatic rings. The Labute approximate surface area is 105 Å². The lowest BCUT2D eigenvalue weighted by Crippen LogP contribution is -1.75. The van der Waals surface area contributed by atoms with Crippen molar-refractivity contribution in [2.45, 2.75) is 10.6 Å². The predicted octanol–water partition coefficient (Wildman–Crippen LogP) is 4.51. The Balaban J connectivity index is 1.99. The van der Waals surface area contributed by atoms with Gasteiger partial charge in [0.15, 0.2) is 0 Å². The van der Waals surface area contributed by atoms with Gasteiger partial charge in [0.2, 0.25) is 0 Å². The summed E-state index contributed by atoms with van der Waals surface area (Å²) in [6.45, 7) is 0. The van der Waals surface area contributed by atoms with Crippen LogP contribution in [0.2, 0.25) is 0 Å². The summed E-state index contributed by atoms with van der Waals surface area (Å²) in [5.74, 6) is 1.26. The number of hydrogen-bond acceptors (Lipinski definition) is 3. The van der Waals surface area contributed by atoms with E-state index in [1.165, 1.54) is 5.56 Å². The maximum absolute atomic E-state index is 9.30. The first-order valence-electron chi connectivity index (χ1n) is 4.39. The van der Waals surface area contributed by atoms with Crippen molar-refractivity contribution >= 4 is 39.0 Å². The standard InChI is InChI=1S/C11H9BrOS2/c12-11-4-8(7-15-11)6-14-10-3-1-2-9(13)5-10/h1-5,7,13H,6H2. The van der Waals surface area contributed by atoms with Gasteiger partial charge in [0.25, 0.3) is 0 Å². The second-order valence-corrected chi connectivity index (χ2v) is 6.38. The summed E-state index contributed by atoms with van der Waals surface area (Å²) in [6.07, 6.45) is 0. The predicted molar refractivity (Wildman–Crippen MR) is 69.7 cm³/mol. The Kier molecular flexibility index (Phi) is 3.72. The molecule has 1 heterocycles. The first-order chi connectivity index (χ1) is 7.24. The summed E-state index contributed by atoms with van der Waals surface area (Å²) in [7, 11) is 0. The molecule has 0 fully saturated rings. The number of benzene rings is 1. The molecule has 0 bridgehead atoms. The van der Waals surface area contributed by atoms with E-state index >= 15 is 0 Å². The van der Waals surface area contributed by atoms with Crippen LogP contribution in [0.3, 0.4) is 0 Å². The van der Waals surface area contributed by atoms with Crippen molar-refractivity contribution in [3.8, 4) is 5.75 Å². The Morgan fingerprint density at radius 3 is 2.87 bits per heavy atom. The minimum atomic E-state index is 0.325. The van der Waals surface area contributed by atoms with Gasteiger partial charge in [-0.1, -0.05) is 6.07 Å². The van der Waals surface area contributed by atoms with Crippen LogP contribution in [0.15, 0.2) is 44.4 Å². The zero-order valence-electron chi connectivity index (χ0n) is 7.81. The fraction of sp³-hybridized carbons (Fsp3) is 0.0909. The van der Waals surface area contributed by atoms with Crippen LogP contribution in [-0.4, -0.2) is 5.11 Å². The number of aromatic hydroxyl groups is 1. The van der Waals surface area contributed by atoms with Crippen molar-refractivity contribution in [3.05, 3.63) is 45.1 Å². The fourth-order valence-corrected chi connectivity index (χ4v) is 3.35. The molecule has 4 heteroatoms. The monoisotopic (exact) mass is 300 g/mol. The van der Waals surface area contributed by atoms with E-state index < -0.39 is 0 Å². The number of thiophene rings is 1. The van der Waals surface area contributed by atoms with Crippen LogP contribution in [-0.2, 0) is 5.75 Å². The van der Waals surface area contributed by atoms with Crippen molar-refractivity contribution in [1.29, 1.82) is 0 Å². The zero-order valence-corrected chi connectivity index (χ0v) is 11.0. The summed E-state index contributed by atoms with van der Waals surface area (Å²) in [5.41, 5.74) is 1.31. The van der Waals surface area contributed by atoms with Crippen molar-refractivity contribution in [2.75, 3.05) is 0 Å². The number of halogens is 1. The zero-order chi connectivity index (χ0) is 10.7. The van der Waals surface area contributed by atoms with E-state index in [0.29, 0.717) is 5.75 Å². The maximum Gasteiger partial charge on any atom is 0.116 e. The maximum atomic E-state index is 9.30. The van der Waals surface area contributed by atoms with Crippen molar-refractivity contribution in [3.63, 3.8) is 0 Å². The van der Waals surface area contributed by atoms with Gasteiger partial charge in [0.1, 0.15) is 5.75 Å². The smallest absolute Gasteiger partial charge is 0.116 e. The van der Waals surface area contributed by atoms with Crippen LogP contribution < -0.4 is 0 Å². The lowest BCUT2D eigenvalue weighted by Gasteiger charge is -2.00. The molecule has 0 aliphatic heterocycles. The quantitative estimate of drug-likeness (QED) is 0.842. The average Bonchev–Trinajstić information content (AvgIpc) is 2.62. The van der Waals surface area contributed by atoms with Crippen LogP contribution in [0.4, 0.5) is 0 Å². The van der Waals surface area contributed by atoms with Gasteiger partial charge in [-0.05, 0) is 51.1 Å². The third-order valence-electron chi connectivity index (χ3n) is 1.84. The van der Waals surface area contributed by atoms with E-state index in [-0.39, 0.29) is 0 Å². The highest BCUT2D eigenvalue weighted by atomic mass is 79.9. The van der Waals surface area contributed by atoms with Gasteiger partial charge in [-0.15, -0.1) is 23.1 Å². The van der Waals surface area contributed by atoms with Crippen molar-refractivity contribution in [1.82, 2.24) is 0 Å². The largest absolute Gasteiger partial charge is 0.508 e. The summed E-state index contributed by atoms with van der Waals surface area (Å²) >= 11 is 6.86. The molecule has 0 unspecified atom stereocenters. The molecule has 0 radical (unpaired) electrons. The van der Waals surface area contributed by atoms with Gasteiger partial charge >= 0.3 is 0 Å². The van der Waals surface area contributed by atoms with E-state index in [1.807, 2.05) is 12.1 Å². The third kappa shape index (κ3) is 3.26. The van der Waals surface area contributed by atoms with E-state index in [1.54, 1.807) is 35.2 Å². The molecular formula is C11H9BrOS2. The van der Waals surface area contributed by atoms with Crippen molar-refractivity contribution in [2.24, 2.45) is 0 Å². The molecule has 0 saturated heterocycles. The van der Waals surface area contributed by atoms with E-state index in [0.717, 1.165) is 14.4 Å². The number of phenols is 1. The molecule has 1 aromatic carbocycles. The first kappa shape index (κ1) is 11.0. The van der Waals surface area contributed by atoms with Crippen LogP contribution >= 0.6 is 39.0 Å². The Bertz CT molecular complexity index is 453. The Morgan fingerprint density at radius 1 is 1.33 bits per heavy atom. The summed E-state index contributed by atoms with van der Waals surface area (Å²) in [6, 6.07) is 9.46. The van der Waals surface area contributed by atoms with Gasteiger partial charge in [-0.3, -0.25) is 0 Å². The second-order valence-electron chi connectivity index (χ2n) is 3.05. The highest BCUT2D eigenvalue weighted by molar-refractivity contribution is 9.11. The lowest BCUT2D eigenvalue weighted by molar-refractivity contribution is 0.474. The summed E-state index contributed by atoms with van der Waals surface area (Å²) in [4.78, 5) is 1.09. The molecule has 0 amide bonds. The minimum Gasteiger partial charge on any atom is -0.508 e. The highest BCUT2D eigenvalue weighted by Gasteiger charge is 1.99. The number of hydrogen-bond donors (Lipinski definition) is 1. The Hall–Kier alpha value is -0.450. The first-order valence-corrected chi connectivity index (χ1v) is 7.04. The number of rotatable bonds is 3. The van der Waals surface area contributed by atoms with Gasteiger partial charge in [-0.2, -0.15) is 0 Å². The highest BCUT2D eigenvalue weighted by Crippen LogP contribution is 2.28. The van der Waals surface area contributed by atoms with Crippen LogP contribution in [0.1, 0.15) is 5.56 Å². The molecule has 2 aromatic rings. The molecule has 0 atom stereocenters. The molecule has 0 saturated carbocycles. The second kappa shape index (κ2) is 5.05. The van der Waals surface area contributed by atoms with Crippen molar-refractivity contribution < 1.29 is 5.11 Å². The van der Waals surface area contributed by atoms with Gasteiger partial charge < -0.3 is 5.11 Å². The molecule has 2 rings (SSSR count). The fourth-order valence-electron chi connectivity index (χ4n) is 1.16. The molecule has 0 aliphatic carbocycles. The summed E-state index contributed by atoms with van der Waals surface area (Å²) in [5, 5.41) is 11.4. The molecule has 1 nitrogen and oxygen atoms in total. The molecule has 1 aromatic heterocycles. The molecule has 78 valence electrons. The topological polar surface area (TPSA) is 20.2 Å².